The molecule has 0 aromatic heterocycles. The van der Waals surface area contributed by atoms with Gasteiger partial charge in [0.2, 0.25) is 10.0 Å². The van der Waals surface area contributed by atoms with Gasteiger partial charge in [0.05, 0.1) is 12.2 Å². The largest absolute Gasteiger partial charge is 0.481 e. The summed E-state index contributed by atoms with van der Waals surface area (Å²) in [6.45, 7) is 0. The van der Waals surface area contributed by atoms with E-state index in [0.717, 1.165) is 19.1 Å². The average molecular weight is 221 g/mol. The van der Waals surface area contributed by atoms with Gasteiger partial charge in [0.15, 0.2) is 0 Å². The SMILES string of the molecule is CS(=O)(=O)NC1CCCCC1C(=O)O. The van der Waals surface area contributed by atoms with Crippen molar-refractivity contribution >= 4 is 16.0 Å². The van der Waals surface area contributed by atoms with Gasteiger partial charge in [0, 0.05) is 6.04 Å². The number of rotatable bonds is 3. The van der Waals surface area contributed by atoms with Gasteiger partial charge in [0.25, 0.3) is 0 Å². The molecule has 0 heterocycles. The Labute approximate surface area is 83.6 Å². The van der Waals surface area contributed by atoms with Crippen molar-refractivity contribution in [1.82, 2.24) is 4.72 Å². The van der Waals surface area contributed by atoms with E-state index in [1.165, 1.54) is 0 Å². The summed E-state index contributed by atoms with van der Waals surface area (Å²) in [5.41, 5.74) is 0. The number of aliphatic carboxylic acids is 1. The van der Waals surface area contributed by atoms with Gasteiger partial charge >= 0.3 is 5.97 Å². The highest BCUT2D eigenvalue weighted by Gasteiger charge is 2.32. The second kappa shape index (κ2) is 4.27. The first-order valence-corrected chi connectivity index (χ1v) is 6.49. The zero-order valence-electron chi connectivity index (χ0n) is 8.06. The lowest BCUT2D eigenvalue weighted by molar-refractivity contribution is -0.143. The fourth-order valence-electron chi connectivity index (χ4n) is 1.84. The summed E-state index contributed by atoms with van der Waals surface area (Å²) in [6, 6.07) is -0.434. The van der Waals surface area contributed by atoms with E-state index in [0.29, 0.717) is 12.8 Å². The first kappa shape index (κ1) is 11.5. The van der Waals surface area contributed by atoms with Crippen LogP contribution >= 0.6 is 0 Å². The molecule has 0 radical (unpaired) electrons. The van der Waals surface area contributed by atoms with Crippen molar-refractivity contribution in [1.29, 1.82) is 0 Å². The Balaban J connectivity index is 2.68. The molecule has 2 unspecified atom stereocenters. The molecule has 1 rings (SSSR count). The van der Waals surface area contributed by atoms with Crippen LogP contribution in [0.25, 0.3) is 0 Å². The van der Waals surface area contributed by atoms with Gasteiger partial charge in [-0.25, -0.2) is 13.1 Å². The monoisotopic (exact) mass is 221 g/mol. The fourth-order valence-corrected chi connectivity index (χ4v) is 2.67. The molecule has 2 N–H and O–H groups in total. The van der Waals surface area contributed by atoms with E-state index in [1.54, 1.807) is 0 Å². The maximum Gasteiger partial charge on any atom is 0.308 e. The fraction of sp³-hybridized carbons (Fsp3) is 0.875. The maximum absolute atomic E-state index is 11.0. The second-order valence-corrected chi connectivity index (χ2v) is 5.51. The van der Waals surface area contributed by atoms with Crippen LogP contribution in [0.2, 0.25) is 0 Å². The summed E-state index contributed by atoms with van der Waals surface area (Å²) >= 11 is 0. The molecule has 0 aliphatic heterocycles. The van der Waals surface area contributed by atoms with Crippen LogP contribution in [0.5, 0.6) is 0 Å². The van der Waals surface area contributed by atoms with E-state index < -0.39 is 28.0 Å². The van der Waals surface area contributed by atoms with Gasteiger partial charge < -0.3 is 5.11 Å². The molecule has 0 aromatic carbocycles. The number of carbonyl (C=O) groups is 1. The molecular formula is C8H15NO4S. The molecule has 0 saturated heterocycles. The minimum atomic E-state index is -3.30. The van der Waals surface area contributed by atoms with E-state index >= 15 is 0 Å². The average Bonchev–Trinajstić information content (AvgIpc) is 2.01. The summed E-state index contributed by atoms with van der Waals surface area (Å²) < 4.78 is 24.3. The van der Waals surface area contributed by atoms with Crippen LogP contribution in [0.15, 0.2) is 0 Å². The maximum atomic E-state index is 11.0. The quantitative estimate of drug-likeness (QED) is 0.712. The summed E-state index contributed by atoms with van der Waals surface area (Å²) in [5, 5.41) is 8.87. The van der Waals surface area contributed by atoms with Gasteiger partial charge in [-0.3, -0.25) is 4.79 Å². The Morgan fingerprint density at radius 3 is 2.43 bits per heavy atom. The Bertz CT molecular complexity index is 311. The molecule has 0 aromatic rings. The predicted molar refractivity (Wildman–Crippen MR) is 51.4 cm³/mol. The third kappa shape index (κ3) is 3.26. The van der Waals surface area contributed by atoms with E-state index in [2.05, 4.69) is 4.72 Å². The molecule has 5 nitrogen and oxygen atoms in total. The number of carboxylic acid groups (broad SMARTS) is 1. The molecule has 2 atom stereocenters. The summed E-state index contributed by atoms with van der Waals surface area (Å²) in [5.74, 6) is -1.48. The minimum Gasteiger partial charge on any atom is -0.481 e. The molecule has 0 amide bonds. The highest BCUT2D eigenvalue weighted by molar-refractivity contribution is 7.88. The number of sulfonamides is 1. The summed E-state index contributed by atoms with van der Waals surface area (Å²) in [6.07, 6.45) is 3.98. The molecule has 0 spiro atoms. The lowest BCUT2D eigenvalue weighted by Gasteiger charge is -2.28. The van der Waals surface area contributed by atoms with Crippen LogP contribution in [-0.4, -0.2) is 31.8 Å². The topological polar surface area (TPSA) is 83.5 Å². The van der Waals surface area contributed by atoms with Gasteiger partial charge in [-0.15, -0.1) is 0 Å². The number of carboxylic acids is 1. The Morgan fingerprint density at radius 1 is 1.36 bits per heavy atom. The normalized spacial score (nSPS) is 28.6. The zero-order valence-corrected chi connectivity index (χ0v) is 8.88. The highest BCUT2D eigenvalue weighted by Crippen LogP contribution is 2.24. The van der Waals surface area contributed by atoms with Gasteiger partial charge in [-0.2, -0.15) is 0 Å². The number of nitrogens with one attached hydrogen (secondary N) is 1. The first-order valence-electron chi connectivity index (χ1n) is 4.60. The predicted octanol–water partition coefficient (Wildman–Crippen LogP) is 0.179. The van der Waals surface area contributed by atoms with Crippen molar-refractivity contribution in [3.8, 4) is 0 Å². The molecule has 1 aliphatic rings. The molecule has 1 aliphatic carbocycles. The molecular weight excluding hydrogens is 206 g/mol. The molecule has 6 heteroatoms. The molecule has 0 bridgehead atoms. The lowest BCUT2D eigenvalue weighted by atomic mass is 9.85. The van der Waals surface area contributed by atoms with E-state index in [4.69, 9.17) is 5.11 Å². The smallest absolute Gasteiger partial charge is 0.308 e. The van der Waals surface area contributed by atoms with Crippen LogP contribution < -0.4 is 4.72 Å². The van der Waals surface area contributed by atoms with Crippen LogP contribution in [0.4, 0.5) is 0 Å². The van der Waals surface area contributed by atoms with Crippen molar-refractivity contribution in [2.24, 2.45) is 5.92 Å². The number of hydrogen-bond acceptors (Lipinski definition) is 3. The van der Waals surface area contributed by atoms with Crippen molar-refractivity contribution in [2.45, 2.75) is 31.7 Å². The van der Waals surface area contributed by atoms with Crippen molar-refractivity contribution in [3.63, 3.8) is 0 Å². The minimum absolute atomic E-state index is 0.434. The Kier molecular flexibility index (Phi) is 3.49. The second-order valence-electron chi connectivity index (χ2n) is 3.73. The van der Waals surface area contributed by atoms with E-state index in [9.17, 15) is 13.2 Å². The van der Waals surface area contributed by atoms with Gasteiger partial charge in [-0.05, 0) is 12.8 Å². The third-order valence-corrected chi connectivity index (χ3v) is 3.18. The molecule has 82 valence electrons. The van der Waals surface area contributed by atoms with E-state index in [1.807, 2.05) is 0 Å². The van der Waals surface area contributed by atoms with Gasteiger partial charge in [-0.1, -0.05) is 12.8 Å². The van der Waals surface area contributed by atoms with Crippen molar-refractivity contribution < 1.29 is 18.3 Å². The molecule has 14 heavy (non-hydrogen) atoms. The van der Waals surface area contributed by atoms with Gasteiger partial charge in [0.1, 0.15) is 0 Å². The standard InChI is InChI=1S/C8H15NO4S/c1-14(12,13)9-7-5-3-2-4-6(7)8(10)11/h6-7,9H,2-5H2,1H3,(H,10,11). The van der Waals surface area contributed by atoms with Crippen LogP contribution in [-0.2, 0) is 14.8 Å². The molecule has 1 saturated carbocycles. The summed E-state index contributed by atoms with van der Waals surface area (Å²) in [7, 11) is -3.30. The lowest BCUT2D eigenvalue weighted by Crippen LogP contribution is -2.44. The number of hydrogen-bond donors (Lipinski definition) is 2. The zero-order chi connectivity index (χ0) is 10.8. The van der Waals surface area contributed by atoms with Crippen LogP contribution in [0.1, 0.15) is 25.7 Å². The van der Waals surface area contributed by atoms with Crippen LogP contribution in [0, 0.1) is 5.92 Å². The Hall–Kier alpha value is -0.620. The van der Waals surface area contributed by atoms with E-state index in [-0.39, 0.29) is 0 Å². The Morgan fingerprint density at radius 2 is 1.93 bits per heavy atom. The van der Waals surface area contributed by atoms with Crippen LogP contribution in [0.3, 0.4) is 0 Å². The first-order chi connectivity index (χ1) is 6.40. The van der Waals surface area contributed by atoms with Crippen molar-refractivity contribution in [3.05, 3.63) is 0 Å². The summed E-state index contributed by atoms with van der Waals surface area (Å²) in [4.78, 5) is 10.8. The highest BCUT2D eigenvalue weighted by atomic mass is 32.2. The third-order valence-electron chi connectivity index (χ3n) is 2.45. The molecule has 1 fully saturated rings. The van der Waals surface area contributed by atoms with Crippen molar-refractivity contribution in [2.75, 3.05) is 6.26 Å².